The summed E-state index contributed by atoms with van der Waals surface area (Å²) in [7, 11) is -1.96. The van der Waals surface area contributed by atoms with Crippen molar-refractivity contribution in [2.75, 3.05) is 5.75 Å². The summed E-state index contributed by atoms with van der Waals surface area (Å²) in [6, 6.07) is 19.6. The molecule has 2 aliphatic rings. The zero-order chi connectivity index (χ0) is 36.6. The van der Waals surface area contributed by atoms with Gasteiger partial charge < -0.3 is 22.6 Å². The molecule has 2 saturated heterocycles. The van der Waals surface area contributed by atoms with Gasteiger partial charge in [-0.25, -0.2) is 0 Å². The monoisotopic (exact) mass is 720 g/mol. The smallest absolute Gasteiger partial charge is 0.387 e. The maximum Gasteiger partial charge on any atom is 0.387 e. The zero-order valence-electron chi connectivity index (χ0n) is 32.5. The Bertz CT molecular complexity index is 1810. The fraction of sp³-hybridized carbons (Fsp3) is 0.571. The average Bonchev–Trinajstić information content (AvgIpc) is 3.38. The van der Waals surface area contributed by atoms with E-state index in [1.54, 1.807) is 11.8 Å². The number of fused-ring (bicyclic) bond motifs is 4. The van der Waals surface area contributed by atoms with E-state index in [9.17, 15) is 0 Å². The van der Waals surface area contributed by atoms with Crippen molar-refractivity contribution in [3.63, 3.8) is 0 Å². The minimum absolute atomic E-state index is 0.0788. The molecule has 4 atom stereocenters. The molecule has 2 aliphatic heterocycles. The van der Waals surface area contributed by atoms with E-state index in [1.165, 1.54) is 16.0 Å². The van der Waals surface area contributed by atoms with E-state index in [2.05, 4.69) is 132 Å². The van der Waals surface area contributed by atoms with Crippen molar-refractivity contribution in [3.8, 4) is 0 Å². The Kier molecular flexibility index (Phi) is 9.75. The lowest BCUT2D eigenvalue weighted by molar-refractivity contribution is -0.209. The van der Waals surface area contributed by atoms with Gasteiger partial charge in [-0.15, -0.1) is 11.8 Å². The number of hydrogen-bond acceptors (Lipinski definition) is 7. The van der Waals surface area contributed by atoms with Crippen LogP contribution in [0.15, 0.2) is 67.9 Å². The molecule has 0 saturated carbocycles. The van der Waals surface area contributed by atoms with Crippen LogP contribution in [0.25, 0.3) is 21.9 Å². The van der Waals surface area contributed by atoms with Crippen LogP contribution in [0.4, 0.5) is 0 Å². The van der Waals surface area contributed by atoms with Gasteiger partial charge in [0.05, 0.1) is 0 Å². The van der Waals surface area contributed by atoms with Crippen molar-refractivity contribution < 1.29 is 27.1 Å². The van der Waals surface area contributed by atoms with Crippen LogP contribution >= 0.6 is 20.0 Å². The molecule has 0 radical (unpaired) electrons. The molecule has 2 fully saturated rings. The molecule has 0 unspecified atom stereocenters. The molecule has 3 aromatic carbocycles. The minimum Gasteiger partial charge on any atom is -0.399 e. The van der Waals surface area contributed by atoms with Gasteiger partial charge in [0.25, 0.3) is 0 Å². The first-order valence-electron chi connectivity index (χ1n) is 17.9. The fourth-order valence-electron chi connectivity index (χ4n) is 6.65. The summed E-state index contributed by atoms with van der Waals surface area (Å²) in [5.74, 6) is -0.132. The van der Waals surface area contributed by atoms with Crippen LogP contribution in [0.1, 0.15) is 119 Å². The van der Waals surface area contributed by atoms with E-state index in [0.29, 0.717) is 5.75 Å². The molecule has 6 rings (SSSR count). The van der Waals surface area contributed by atoms with Gasteiger partial charge in [-0.3, -0.25) is 4.52 Å². The Labute approximate surface area is 304 Å². The molecule has 0 N–H and O–H groups in total. The Balaban J connectivity index is 1.62. The molecule has 0 amide bonds. The molecule has 8 heteroatoms. The molecule has 0 aliphatic carbocycles. The Morgan fingerprint density at radius 1 is 0.680 bits per heavy atom. The topological polar surface area (TPSA) is 63.2 Å². The first-order valence-corrected chi connectivity index (χ1v) is 20.0. The van der Waals surface area contributed by atoms with E-state index < -0.39 is 32.5 Å². The average molecular weight is 721 g/mol. The Morgan fingerprint density at radius 3 is 1.64 bits per heavy atom. The Hall–Kier alpha value is -2.25. The quantitative estimate of drug-likeness (QED) is 0.190. The summed E-state index contributed by atoms with van der Waals surface area (Å²) < 4.78 is 40.5. The highest BCUT2D eigenvalue weighted by atomic mass is 32.2. The summed E-state index contributed by atoms with van der Waals surface area (Å²) >= 11 is 1.73. The van der Waals surface area contributed by atoms with Crippen molar-refractivity contribution in [3.05, 3.63) is 76.9 Å². The highest BCUT2D eigenvalue weighted by Gasteiger charge is 2.56. The van der Waals surface area contributed by atoms with Crippen LogP contribution < -0.4 is 4.52 Å². The van der Waals surface area contributed by atoms with Crippen LogP contribution in [-0.2, 0) is 35.9 Å². The molecule has 272 valence electrons. The van der Waals surface area contributed by atoms with E-state index in [1.807, 2.05) is 19.9 Å². The van der Waals surface area contributed by atoms with Gasteiger partial charge in [0.1, 0.15) is 29.5 Å². The third-order valence-electron chi connectivity index (χ3n) is 9.60. The number of hydrogen-bond donors (Lipinski definition) is 0. The lowest BCUT2D eigenvalue weighted by Crippen LogP contribution is -2.39. The fourth-order valence-corrected chi connectivity index (χ4v) is 8.89. The van der Waals surface area contributed by atoms with Crippen molar-refractivity contribution in [1.29, 1.82) is 0 Å². The highest BCUT2D eigenvalue weighted by molar-refractivity contribution is 7.99. The highest BCUT2D eigenvalue weighted by Crippen LogP contribution is 2.47. The predicted octanol–water partition coefficient (Wildman–Crippen LogP) is 11.9. The normalized spacial score (nSPS) is 22.8. The first-order chi connectivity index (χ1) is 23.0. The maximum atomic E-state index is 7.09. The second-order valence-corrected chi connectivity index (χ2v) is 20.7. The van der Waals surface area contributed by atoms with Crippen LogP contribution in [0.2, 0.25) is 0 Å². The third-order valence-corrected chi connectivity index (χ3v) is 11.8. The summed E-state index contributed by atoms with van der Waals surface area (Å²) in [5.41, 5.74) is 5.81. The molecule has 6 nitrogen and oxygen atoms in total. The number of ether oxygens (including phenoxy) is 3. The second kappa shape index (κ2) is 13.0. The van der Waals surface area contributed by atoms with Gasteiger partial charge in [-0.05, 0) is 70.9 Å². The predicted molar refractivity (Wildman–Crippen MR) is 207 cm³/mol. The molecule has 4 aromatic rings. The van der Waals surface area contributed by atoms with Gasteiger partial charge in [0.15, 0.2) is 12.1 Å². The molecule has 3 heterocycles. The van der Waals surface area contributed by atoms with Crippen LogP contribution in [-0.4, -0.2) is 36.1 Å². The zero-order valence-corrected chi connectivity index (χ0v) is 34.2. The van der Waals surface area contributed by atoms with E-state index in [4.69, 9.17) is 27.1 Å². The number of benzene rings is 3. The lowest BCUT2D eigenvalue weighted by Gasteiger charge is -2.27. The maximum absolute atomic E-state index is 7.09. The lowest BCUT2D eigenvalue weighted by atomic mass is 9.77. The molecule has 50 heavy (non-hydrogen) atoms. The molecule has 0 spiro atoms. The standard InChI is InChI=1S/C42H57O6PS/c1-38(2,3)25-20-28-29-21-26(39(4,5)6)23-31(41(10,11)12)34(29)47-49(46-33(28)30(22-25)40(7,8)9)48-35-32(24-50-27-18-16-15-17-19-27)43-37-36(35)44-42(13,14)45-37/h15-23,32,35-37H,24H2,1-14H3/t32-,35+,36-,37-/m1/s1. The SMILES string of the molecule is CC1(C)O[C@H]2O[C@H](CSc3ccccc3)[C@H](Op3oc4c(C(C)(C)C)cc(C(C)(C)C)cc4c4cc(C(C)(C)C)cc(C(C)(C)C)c4o3)[C@H]2O1. The number of rotatable bonds is 5. The molecule has 1 aromatic heterocycles. The van der Waals surface area contributed by atoms with Crippen LogP contribution in [0.3, 0.4) is 0 Å². The van der Waals surface area contributed by atoms with E-state index >= 15 is 0 Å². The Morgan fingerprint density at radius 2 is 1.18 bits per heavy atom. The van der Waals surface area contributed by atoms with E-state index in [-0.39, 0.29) is 27.8 Å². The number of thioether (sulfide) groups is 1. The third kappa shape index (κ3) is 7.75. The summed E-state index contributed by atoms with van der Waals surface area (Å²) in [6.07, 6.45) is -1.76. The van der Waals surface area contributed by atoms with E-state index in [0.717, 1.165) is 33.1 Å². The van der Waals surface area contributed by atoms with Gasteiger partial charge in [-0.2, -0.15) is 0 Å². The van der Waals surface area contributed by atoms with Gasteiger partial charge in [0, 0.05) is 32.5 Å². The van der Waals surface area contributed by atoms with Crippen LogP contribution in [0, 0.1) is 0 Å². The largest absolute Gasteiger partial charge is 0.399 e. The minimum atomic E-state index is -1.96. The van der Waals surface area contributed by atoms with Crippen molar-refractivity contribution in [1.82, 2.24) is 0 Å². The summed E-state index contributed by atoms with van der Waals surface area (Å²) in [4.78, 5) is 1.17. The van der Waals surface area contributed by atoms with Crippen molar-refractivity contribution in [2.45, 2.75) is 154 Å². The molecule has 0 bridgehead atoms. The first kappa shape index (κ1) is 37.5. The van der Waals surface area contributed by atoms with Gasteiger partial charge in [0.2, 0.25) is 0 Å². The van der Waals surface area contributed by atoms with Gasteiger partial charge in [-0.1, -0.05) is 113 Å². The van der Waals surface area contributed by atoms with Crippen molar-refractivity contribution in [2.24, 2.45) is 0 Å². The molecular formula is C42H57O6PS. The molecular weight excluding hydrogens is 663 g/mol. The summed E-state index contributed by atoms with van der Waals surface area (Å²) in [5, 5.41) is 2.08. The van der Waals surface area contributed by atoms with Crippen LogP contribution in [0.5, 0.6) is 0 Å². The van der Waals surface area contributed by atoms with Gasteiger partial charge >= 0.3 is 8.24 Å². The van der Waals surface area contributed by atoms with Crippen molar-refractivity contribution >= 4 is 41.9 Å². The summed E-state index contributed by atoms with van der Waals surface area (Å²) in [6.45, 7) is 31.0. The second-order valence-electron chi connectivity index (χ2n) is 18.5.